The number of nitrogens with zero attached hydrogens (tertiary/aromatic N) is 2. The van der Waals surface area contributed by atoms with Gasteiger partial charge >= 0.3 is 0 Å². The molecule has 0 aliphatic carbocycles. The minimum absolute atomic E-state index is 0.0746. The monoisotopic (exact) mass is 375 g/mol. The fraction of sp³-hybridized carbons (Fsp3) is 0.600. The lowest BCUT2D eigenvalue weighted by Gasteiger charge is -2.39. The number of carbonyl (C=O) groups excluding carboxylic acids is 2. The smallest absolute Gasteiger partial charge is 0.230 e. The first-order valence-corrected chi connectivity index (χ1v) is 9.96. The van der Waals surface area contributed by atoms with Crippen molar-refractivity contribution in [1.82, 2.24) is 10.2 Å². The van der Waals surface area contributed by atoms with E-state index in [0.717, 1.165) is 64.1 Å². The number of likely N-dealkylation sites (tertiary alicyclic amines) is 1. The van der Waals surface area contributed by atoms with E-state index in [1.165, 1.54) is 5.56 Å². The summed E-state index contributed by atoms with van der Waals surface area (Å²) >= 11 is 6.30. The minimum Gasteiger partial charge on any atom is -0.343 e. The van der Waals surface area contributed by atoms with Crippen LogP contribution in [0.1, 0.15) is 38.2 Å². The lowest BCUT2D eigenvalue weighted by molar-refractivity contribution is -0.130. The Morgan fingerprint density at radius 2 is 1.88 bits per heavy atom. The number of hydrogen-bond donors (Lipinski definition) is 1. The van der Waals surface area contributed by atoms with E-state index >= 15 is 0 Å². The molecule has 1 aromatic carbocycles. The first kappa shape index (κ1) is 17.8. The van der Waals surface area contributed by atoms with E-state index in [1.54, 1.807) is 6.92 Å². The van der Waals surface area contributed by atoms with Crippen molar-refractivity contribution in [2.24, 2.45) is 5.92 Å². The summed E-state index contributed by atoms with van der Waals surface area (Å²) in [7, 11) is 0. The van der Waals surface area contributed by atoms with Crippen LogP contribution in [0.2, 0.25) is 5.02 Å². The lowest BCUT2D eigenvalue weighted by atomic mass is 9.74. The van der Waals surface area contributed by atoms with Gasteiger partial charge in [0.05, 0.1) is 0 Å². The van der Waals surface area contributed by atoms with Crippen LogP contribution in [-0.2, 0) is 15.0 Å². The zero-order valence-corrected chi connectivity index (χ0v) is 16.0. The molecule has 2 amide bonds. The number of amides is 2. The van der Waals surface area contributed by atoms with Gasteiger partial charge < -0.3 is 15.1 Å². The van der Waals surface area contributed by atoms with Crippen LogP contribution >= 0.6 is 11.6 Å². The molecule has 1 N–H and O–H groups in total. The number of nitrogens with one attached hydrogen (secondary N) is 1. The Bertz CT molecular complexity index is 722. The van der Waals surface area contributed by atoms with Crippen LogP contribution in [0.5, 0.6) is 0 Å². The van der Waals surface area contributed by atoms with E-state index in [-0.39, 0.29) is 23.1 Å². The fourth-order valence-corrected chi connectivity index (χ4v) is 4.98. The Morgan fingerprint density at radius 1 is 1.19 bits per heavy atom. The second-order valence-electron chi connectivity index (χ2n) is 7.90. The molecule has 0 unspecified atom stereocenters. The maximum atomic E-state index is 13.2. The van der Waals surface area contributed by atoms with E-state index in [0.29, 0.717) is 5.02 Å². The van der Waals surface area contributed by atoms with Crippen LogP contribution in [0.15, 0.2) is 18.2 Å². The Balaban J connectivity index is 1.63. The molecule has 0 aromatic heterocycles. The summed E-state index contributed by atoms with van der Waals surface area (Å²) in [6, 6.07) is 5.92. The zero-order valence-electron chi connectivity index (χ0n) is 15.3. The molecular formula is C20H26ClN3O2. The normalized spacial score (nSPS) is 22.5. The lowest BCUT2D eigenvalue weighted by Crippen LogP contribution is -2.48. The van der Waals surface area contributed by atoms with Gasteiger partial charge in [0.25, 0.3) is 0 Å². The van der Waals surface area contributed by atoms with Crippen LogP contribution in [-0.4, -0.2) is 49.4 Å². The molecule has 2 saturated heterocycles. The molecule has 3 heterocycles. The quantitative estimate of drug-likeness (QED) is 0.820. The van der Waals surface area contributed by atoms with Gasteiger partial charge in [0.15, 0.2) is 0 Å². The summed E-state index contributed by atoms with van der Waals surface area (Å²) in [4.78, 5) is 28.9. The van der Waals surface area contributed by atoms with Crippen molar-refractivity contribution in [2.45, 2.75) is 38.0 Å². The van der Waals surface area contributed by atoms with Crippen LogP contribution in [0.4, 0.5) is 5.69 Å². The summed E-state index contributed by atoms with van der Waals surface area (Å²) in [6.07, 6.45) is 3.58. The Labute approximate surface area is 159 Å². The van der Waals surface area contributed by atoms with Crippen molar-refractivity contribution < 1.29 is 9.59 Å². The molecule has 140 valence electrons. The van der Waals surface area contributed by atoms with E-state index in [9.17, 15) is 9.59 Å². The van der Waals surface area contributed by atoms with Crippen molar-refractivity contribution in [2.75, 3.05) is 37.6 Å². The molecule has 1 aromatic rings. The third kappa shape index (κ3) is 3.01. The average molecular weight is 376 g/mol. The minimum atomic E-state index is -0.0746. The fourth-order valence-electron chi connectivity index (χ4n) is 4.80. The number of hydrogen-bond acceptors (Lipinski definition) is 3. The maximum Gasteiger partial charge on any atom is 0.230 e. The van der Waals surface area contributed by atoms with Crippen LogP contribution < -0.4 is 10.2 Å². The summed E-state index contributed by atoms with van der Waals surface area (Å²) in [5.41, 5.74) is 2.14. The summed E-state index contributed by atoms with van der Waals surface area (Å²) in [6.45, 7) is 5.67. The molecule has 26 heavy (non-hydrogen) atoms. The highest BCUT2D eigenvalue weighted by Gasteiger charge is 2.47. The molecule has 5 nitrogen and oxygen atoms in total. The van der Waals surface area contributed by atoms with Gasteiger partial charge in [0.2, 0.25) is 11.8 Å². The molecule has 3 aliphatic heterocycles. The van der Waals surface area contributed by atoms with Crippen molar-refractivity contribution in [3.63, 3.8) is 0 Å². The van der Waals surface area contributed by atoms with Crippen molar-refractivity contribution >= 4 is 29.1 Å². The van der Waals surface area contributed by atoms with Gasteiger partial charge in [-0.25, -0.2) is 0 Å². The first-order valence-electron chi connectivity index (χ1n) is 9.58. The van der Waals surface area contributed by atoms with Crippen LogP contribution in [0, 0.1) is 5.92 Å². The highest BCUT2D eigenvalue weighted by Crippen LogP contribution is 2.48. The molecule has 0 radical (unpaired) electrons. The summed E-state index contributed by atoms with van der Waals surface area (Å²) < 4.78 is 0. The van der Waals surface area contributed by atoms with Gasteiger partial charge in [-0.3, -0.25) is 9.59 Å². The Morgan fingerprint density at radius 3 is 2.54 bits per heavy atom. The second kappa shape index (κ2) is 6.86. The zero-order chi connectivity index (χ0) is 18.3. The van der Waals surface area contributed by atoms with Gasteiger partial charge in [-0.1, -0.05) is 11.6 Å². The third-order valence-corrected chi connectivity index (χ3v) is 6.64. The third-order valence-electron chi connectivity index (χ3n) is 6.40. The summed E-state index contributed by atoms with van der Waals surface area (Å²) in [5, 5.41) is 4.05. The average Bonchev–Trinajstić information content (AvgIpc) is 2.96. The van der Waals surface area contributed by atoms with Gasteiger partial charge in [0, 0.05) is 48.6 Å². The molecule has 6 heteroatoms. The van der Waals surface area contributed by atoms with Gasteiger partial charge in [-0.15, -0.1) is 0 Å². The maximum absolute atomic E-state index is 13.2. The van der Waals surface area contributed by atoms with Crippen molar-refractivity contribution in [3.8, 4) is 0 Å². The van der Waals surface area contributed by atoms with Crippen molar-refractivity contribution in [1.29, 1.82) is 0 Å². The molecule has 0 saturated carbocycles. The second-order valence-corrected chi connectivity index (χ2v) is 8.33. The van der Waals surface area contributed by atoms with Crippen molar-refractivity contribution in [3.05, 3.63) is 28.8 Å². The predicted molar refractivity (Wildman–Crippen MR) is 103 cm³/mol. The SMILES string of the molecule is CC(=O)N1CCC2(CC1)CN(C(=O)C1CCNCC1)c1ccc(Cl)cc12. The molecule has 3 aliphatic rings. The Kier molecular flexibility index (Phi) is 4.70. The van der Waals surface area contributed by atoms with E-state index in [1.807, 2.05) is 28.0 Å². The number of halogens is 1. The predicted octanol–water partition coefficient (Wildman–Crippen LogP) is 2.57. The number of rotatable bonds is 1. The van der Waals surface area contributed by atoms with E-state index in [2.05, 4.69) is 5.32 Å². The Hall–Kier alpha value is -1.59. The molecule has 1 spiro atoms. The number of carbonyl (C=O) groups is 2. The molecule has 2 fully saturated rings. The molecule has 4 rings (SSSR count). The number of anilines is 1. The van der Waals surface area contributed by atoms with Gasteiger partial charge in [-0.05, 0) is 62.5 Å². The molecular weight excluding hydrogens is 350 g/mol. The highest BCUT2D eigenvalue weighted by molar-refractivity contribution is 6.30. The van der Waals surface area contributed by atoms with Crippen LogP contribution in [0.3, 0.4) is 0 Å². The molecule has 0 atom stereocenters. The topological polar surface area (TPSA) is 52.7 Å². The highest BCUT2D eigenvalue weighted by atomic mass is 35.5. The van der Waals surface area contributed by atoms with E-state index < -0.39 is 0 Å². The van der Waals surface area contributed by atoms with Gasteiger partial charge in [-0.2, -0.15) is 0 Å². The number of piperidine rings is 2. The largest absolute Gasteiger partial charge is 0.343 e. The van der Waals surface area contributed by atoms with Crippen LogP contribution in [0.25, 0.3) is 0 Å². The number of benzene rings is 1. The van der Waals surface area contributed by atoms with E-state index in [4.69, 9.17) is 11.6 Å². The number of fused-ring (bicyclic) bond motifs is 2. The summed E-state index contributed by atoms with van der Waals surface area (Å²) in [5.74, 6) is 0.486. The molecule has 0 bridgehead atoms. The standard InChI is InChI=1S/C20H26ClN3O2/c1-14(25)23-10-6-20(7-11-23)13-24(18-3-2-16(21)12-17(18)20)19(26)15-4-8-22-9-5-15/h2-3,12,15,22H,4-11,13H2,1H3. The van der Waals surface area contributed by atoms with Gasteiger partial charge in [0.1, 0.15) is 0 Å². The first-order chi connectivity index (χ1) is 12.5.